The maximum atomic E-state index is 11.2. The second-order valence-corrected chi connectivity index (χ2v) is 6.19. The zero-order valence-electron chi connectivity index (χ0n) is 8.75. The number of nitrogens with zero attached hydrogens (tertiary/aromatic N) is 3. The Hall–Kier alpha value is -0.990. The first kappa shape index (κ1) is 11.5. The van der Waals surface area contributed by atoms with Crippen LogP contribution in [0, 0.1) is 0 Å². The number of rotatable bonds is 5. The second-order valence-electron chi connectivity index (χ2n) is 3.26. The summed E-state index contributed by atoms with van der Waals surface area (Å²) in [6.07, 6.45) is 2.27. The van der Waals surface area contributed by atoms with Crippen LogP contribution in [0.15, 0.2) is 11.7 Å². The van der Waals surface area contributed by atoms with Crippen molar-refractivity contribution >= 4 is 26.3 Å². The molecule has 2 aromatic rings. The number of fused-ring (bicyclic) bond motifs is 1. The molecule has 2 heterocycles. The lowest BCUT2D eigenvalue weighted by Crippen LogP contribution is -2.27. The topological polar surface area (TPSA) is 76.4 Å². The average Bonchev–Trinajstić information content (AvgIpc) is 2.82. The van der Waals surface area contributed by atoms with Gasteiger partial charge in [-0.05, 0) is 6.92 Å². The molecule has 0 radical (unpaired) electrons. The maximum absolute atomic E-state index is 11.2. The van der Waals surface area contributed by atoms with Gasteiger partial charge in [-0.15, -0.1) is 21.5 Å². The molecule has 2 aromatic heterocycles. The molecule has 0 aliphatic rings. The zero-order valence-corrected chi connectivity index (χ0v) is 10.4. The molecule has 0 bridgehead atoms. The Morgan fingerprint density at radius 2 is 2.38 bits per heavy atom. The lowest BCUT2D eigenvalue weighted by molar-refractivity contribution is 0.582. The van der Waals surface area contributed by atoms with Gasteiger partial charge in [0, 0.05) is 24.0 Å². The molecule has 0 atom stereocenters. The van der Waals surface area contributed by atoms with Crippen molar-refractivity contribution in [3.8, 4) is 0 Å². The molecule has 0 saturated heterocycles. The molecule has 16 heavy (non-hydrogen) atoms. The van der Waals surface area contributed by atoms with Gasteiger partial charge in [-0.2, -0.15) is 0 Å². The number of hydrogen-bond donors (Lipinski definition) is 1. The van der Waals surface area contributed by atoms with E-state index in [2.05, 4.69) is 14.9 Å². The van der Waals surface area contributed by atoms with E-state index in [1.54, 1.807) is 13.3 Å². The van der Waals surface area contributed by atoms with Crippen LogP contribution in [0.4, 0.5) is 0 Å². The van der Waals surface area contributed by atoms with Gasteiger partial charge >= 0.3 is 0 Å². The van der Waals surface area contributed by atoms with Crippen molar-refractivity contribution in [1.82, 2.24) is 19.3 Å². The van der Waals surface area contributed by atoms with Crippen LogP contribution in [0.25, 0.3) is 4.96 Å². The van der Waals surface area contributed by atoms with Gasteiger partial charge in [-0.25, -0.2) is 13.1 Å². The first-order valence-corrected chi connectivity index (χ1v) is 7.39. The minimum Gasteiger partial charge on any atom is -0.276 e. The lowest BCUT2D eigenvalue weighted by Gasteiger charge is -2.03. The van der Waals surface area contributed by atoms with E-state index in [0.29, 0.717) is 13.0 Å². The van der Waals surface area contributed by atoms with Crippen LogP contribution in [0.5, 0.6) is 0 Å². The van der Waals surface area contributed by atoms with Crippen molar-refractivity contribution in [3.05, 3.63) is 17.4 Å². The highest BCUT2D eigenvalue weighted by Crippen LogP contribution is 2.13. The maximum Gasteiger partial charge on any atom is 0.216 e. The number of hydrogen-bond acceptors (Lipinski definition) is 5. The van der Waals surface area contributed by atoms with Crippen molar-refractivity contribution in [3.63, 3.8) is 0 Å². The van der Waals surface area contributed by atoms with E-state index in [9.17, 15) is 8.42 Å². The van der Waals surface area contributed by atoms with Crippen molar-refractivity contribution in [2.75, 3.05) is 12.3 Å². The van der Waals surface area contributed by atoms with Crippen LogP contribution in [-0.4, -0.2) is 35.3 Å². The standard InChI is InChI=1S/C8H12N4O2S2/c1-2-16(13,14)10-4-3-7-5-15-8-11-9-6-12(7)8/h5-6,10H,2-4H2,1H3. The highest BCUT2D eigenvalue weighted by Gasteiger charge is 2.08. The fraction of sp³-hybridized carbons (Fsp3) is 0.500. The lowest BCUT2D eigenvalue weighted by atomic mass is 10.3. The van der Waals surface area contributed by atoms with Crippen LogP contribution in [0.1, 0.15) is 12.6 Å². The first-order chi connectivity index (χ1) is 7.62. The van der Waals surface area contributed by atoms with Crippen molar-refractivity contribution < 1.29 is 8.42 Å². The van der Waals surface area contributed by atoms with E-state index in [-0.39, 0.29) is 5.75 Å². The molecule has 0 aliphatic heterocycles. The number of thiazole rings is 1. The zero-order chi connectivity index (χ0) is 11.6. The van der Waals surface area contributed by atoms with E-state index in [4.69, 9.17) is 0 Å². The average molecular weight is 260 g/mol. The summed E-state index contributed by atoms with van der Waals surface area (Å²) in [4.78, 5) is 0.827. The van der Waals surface area contributed by atoms with Gasteiger partial charge in [0.2, 0.25) is 15.0 Å². The van der Waals surface area contributed by atoms with Crippen LogP contribution in [0.2, 0.25) is 0 Å². The first-order valence-electron chi connectivity index (χ1n) is 4.86. The molecule has 88 valence electrons. The van der Waals surface area contributed by atoms with E-state index < -0.39 is 10.0 Å². The Morgan fingerprint density at radius 3 is 3.12 bits per heavy atom. The Labute approximate surface area is 97.4 Å². The second kappa shape index (κ2) is 4.48. The monoisotopic (exact) mass is 260 g/mol. The summed E-state index contributed by atoms with van der Waals surface area (Å²) in [6.45, 7) is 2.02. The summed E-state index contributed by atoms with van der Waals surface area (Å²) in [7, 11) is -3.10. The fourth-order valence-electron chi connectivity index (χ4n) is 1.30. The number of aromatic nitrogens is 3. The van der Waals surface area contributed by atoms with Crippen LogP contribution in [-0.2, 0) is 16.4 Å². The summed E-state index contributed by atoms with van der Waals surface area (Å²) in [5.41, 5.74) is 1.02. The van der Waals surface area contributed by atoms with E-state index in [0.717, 1.165) is 10.7 Å². The van der Waals surface area contributed by atoms with E-state index >= 15 is 0 Å². The van der Waals surface area contributed by atoms with Crippen molar-refractivity contribution in [1.29, 1.82) is 0 Å². The molecule has 0 spiro atoms. The third kappa shape index (κ3) is 2.39. The van der Waals surface area contributed by atoms with E-state index in [1.807, 2.05) is 9.78 Å². The normalized spacial score (nSPS) is 12.3. The predicted molar refractivity (Wildman–Crippen MR) is 62.0 cm³/mol. The van der Waals surface area contributed by atoms with E-state index in [1.165, 1.54) is 11.3 Å². The van der Waals surface area contributed by atoms with Gasteiger partial charge < -0.3 is 0 Å². The Bertz CT molecular complexity index is 572. The Balaban J connectivity index is 1.99. The molecule has 1 N–H and O–H groups in total. The third-order valence-electron chi connectivity index (χ3n) is 2.21. The van der Waals surface area contributed by atoms with Crippen molar-refractivity contribution in [2.45, 2.75) is 13.3 Å². The van der Waals surface area contributed by atoms with Gasteiger partial charge in [0.1, 0.15) is 6.33 Å². The minimum absolute atomic E-state index is 0.110. The summed E-state index contributed by atoms with van der Waals surface area (Å²) in [5.74, 6) is 0.110. The fourth-order valence-corrected chi connectivity index (χ4v) is 2.76. The number of nitrogens with one attached hydrogen (secondary N) is 1. The molecule has 6 nitrogen and oxygen atoms in total. The molecule has 0 aromatic carbocycles. The smallest absolute Gasteiger partial charge is 0.216 e. The third-order valence-corrected chi connectivity index (χ3v) is 4.49. The molecule has 0 amide bonds. The van der Waals surface area contributed by atoms with Gasteiger partial charge in [-0.3, -0.25) is 4.40 Å². The summed E-state index contributed by atoms with van der Waals surface area (Å²) in [5, 5.41) is 9.65. The largest absolute Gasteiger partial charge is 0.276 e. The summed E-state index contributed by atoms with van der Waals surface area (Å²) >= 11 is 1.50. The Kier molecular flexibility index (Phi) is 3.22. The molecule has 0 fully saturated rings. The van der Waals surface area contributed by atoms with Gasteiger partial charge in [0.05, 0.1) is 5.75 Å². The minimum atomic E-state index is -3.10. The molecule has 8 heteroatoms. The molecule has 0 saturated carbocycles. The predicted octanol–water partition coefficient (Wildman–Crippen LogP) is 0.273. The van der Waals surface area contributed by atoms with Gasteiger partial charge in [-0.1, -0.05) is 0 Å². The van der Waals surface area contributed by atoms with Gasteiger partial charge in [0.15, 0.2) is 0 Å². The Morgan fingerprint density at radius 1 is 1.56 bits per heavy atom. The molecular weight excluding hydrogens is 248 g/mol. The highest BCUT2D eigenvalue weighted by molar-refractivity contribution is 7.89. The van der Waals surface area contributed by atoms with Gasteiger partial charge in [0.25, 0.3) is 0 Å². The summed E-state index contributed by atoms with van der Waals surface area (Å²) in [6, 6.07) is 0. The molecular formula is C8H12N4O2S2. The summed E-state index contributed by atoms with van der Waals surface area (Å²) < 4.78 is 26.8. The number of sulfonamides is 1. The molecule has 2 rings (SSSR count). The quantitative estimate of drug-likeness (QED) is 0.837. The van der Waals surface area contributed by atoms with Crippen molar-refractivity contribution in [2.24, 2.45) is 0 Å². The van der Waals surface area contributed by atoms with Crippen LogP contribution in [0.3, 0.4) is 0 Å². The SMILES string of the molecule is CCS(=O)(=O)NCCc1csc2nncn12. The van der Waals surface area contributed by atoms with Crippen LogP contribution >= 0.6 is 11.3 Å². The molecule has 0 aliphatic carbocycles. The highest BCUT2D eigenvalue weighted by atomic mass is 32.2. The van der Waals surface area contributed by atoms with Crippen LogP contribution < -0.4 is 4.72 Å². The molecule has 0 unspecified atom stereocenters.